The minimum Gasteiger partial charge on any atom is -0.315 e. The van der Waals surface area contributed by atoms with Crippen molar-refractivity contribution in [1.82, 2.24) is 10.2 Å². The van der Waals surface area contributed by atoms with Gasteiger partial charge in [-0.25, -0.2) is 0 Å². The van der Waals surface area contributed by atoms with Crippen LogP contribution in [0.4, 0.5) is 0 Å². The first kappa shape index (κ1) is 12.5. The number of rotatable bonds is 0. The second-order valence-corrected chi connectivity index (χ2v) is 3.91. The highest BCUT2D eigenvalue weighted by molar-refractivity contribution is 5.85. The Morgan fingerprint density at radius 2 is 1.92 bits per heavy atom. The molecule has 1 aliphatic carbocycles. The van der Waals surface area contributed by atoms with Crippen molar-refractivity contribution >= 4 is 24.8 Å². The van der Waals surface area contributed by atoms with E-state index in [1.165, 1.54) is 39.0 Å². The minimum absolute atomic E-state index is 0. The molecule has 1 aliphatic heterocycles. The van der Waals surface area contributed by atoms with E-state index in [4.69, 9.17) is 0 Å². The average Bonchev–Trinajstić information content (AvgIpc) is 2.64. The fourth-order valence-corrected chi connectivity index (χ4v) is 1.84. The monoisotopic (exact) mass is 212 g/mol. The van der Waals surface area contributed by atoms with E-state index in [1.807, 2.05) is 0 Å². The van der Waals surface area contributed by atoms with E-state index in [1.54, 1.807) is 0 Å². The predicted molar refractivity (Wildman–Crippen MR) is 56.5 cm³/mol. The molecule has 1 N–H and O–H groups in total. The Kier molecular flexibility index (Phi) is 4.85. The molecule has 1 saturated heterocycles. The van der Waals surface area contributed by atoms with Crippen LogP contribution < -0.4 is 5.32 Å². The Morgan fingerprint density at radius 3 is 2.50 bits per heavy atom. The fraction of sp³-hybridized carbons (Fsp3) is 1.00. The molecule has 0 atom stereocenters. The molecule has 1 saturated carbocycles. The molecule has 74 valence electrons. The summed E-state index contributed by atoms with van der Waals surface area (Å²) in [6.07, 6.45) is 2.90. The zero-order valence-electron chi connectivity index (χ0n) is 7.51. The van der Waals surface area contributed by atoms with Crippen molar-refractivity contribution in [2.24, 2.45) is 5.41 Å². The lowest BCUT2D eigenvalue weighted by Gasteiger charge is -2.17. The Morgan fingerprint density at radius 1 is 1.25 bits per heavy atom. The smallest absolute Gasteiger partial charge is 0.0104 e. The summed E-state index contributed by atoms with van der Waals surface area (Å²) in [5, 5.41) is 3.49. The SMILES string of the molecule is CN1CCNCC2(CC2)C1.Cl.Cl. The van der Waals surface area contributed by atoms with Crippen molar-refractivity contribution in [3.05, 3.63) is 0 Å². The normalized spacial score (nSPS) is 26.8. The van der Waals surface area contributed by atoms with Crippen LogP contribution in [0.15, 0.2) is 0 Å². The first-order valence-corrected chi connectivity index (χ1v) is 4.20. The van der Waals surface area contributed by atoms with Crippen molar-refractivity contribution in [3.63, 3.8) is 0 Å². The second-order valence-electron chi connectivity index (χ2n) is 3.91. The molecule has 0 aromatic heterocycles. The van der Waals surface area contributed by atoms with Crippen LogP contribution in [0.25, 0.3) is 0 Å². The van der Waals surface area contributed by atoms with Gasteiger partial charge in [0.05, 0.1) is 0 Å². The van der Waals surface area contributed by atoms with Gasteiger partial charge < -0.3 is 10.2 Å². The zero-order valence-corrected chi connectivity index (χ0v) is 9.14. The highest BCUT2D eigenvalue weighted by atomic mass is 35.5. The average molecular weight is 213 g/mol. The molecule has 4 heteroatoms. The molecular weight excluding hydrogens is 195 g/mol. The largest absolute Gasteiger partial charge is 0.315 e. The molecule has 0 radical (unpaired) electrons. The number of hydrogen-bond donors (Lipinski definition) is 1. The Hall–Kier alpha value is 0.500. The van der Waals surface area contributed by atoms with Gasteiger partial charge in [0.2, 0.25) is 0 Å². The molecule has 2 rings (SSSR count). The van der Waals surface area contributed by atoms with Crippen molar-refractivity contribution in [2.75, 3.05) is 33.2 Å². The molecule has 0 unspecified atom stereocenters. The van der Waals surface area contributed by atoms with Gasteiger partial charge >= 0.3 is 0 Å². The van der Waals surface area contributed by atoms with Gasteiger partial charge in [0, 0.05) is 26.2 Å². The van der Waals surface area contributed by atoms with Gasteiger partial charge in [-0.15, -0.1) is 24.8 Å². The maximum Gasteiger partial charge on any atom is 0.0104 e. The van der Waals surface area contributed by atoms with E-state index >= 15 is 0 Å². The van der Waals surface area contributed by atoms with E-state index in [0.29, 0.717) is 5.41 Å². The number of likely N-dealkylation sites (N-methyl/N-ethyl adjacent to an activating group) is 1. The topological polar surface area (TPSA) is 15.3 Å². The molecule has 12 heavy (non-hydrogen) atoms. The molecule has 2 aliphatic rings. The fourth-order valence-electron chi connectivity index (χ4n) is 1.84. The first-order valence-electron chi connectivity index (χ1n) is 4.20. The van der Waals surface area contributed by atoms with Crippen LogP contribution in [0.3, 0.4) is 0 Å². The lowest BCUT2D eigenvalue weighted by atomic mass is 10.1. The predicted octanol–water partition coefficient (Wildman–Crippen LogP) is 1.15. The van der Waals surface area contributed by atoms with E-state index < -0.39 is 0 Å². The third kappa shape index (κ3) is 2.77. The molecule has 1 heterocycles. The van der Waals surface area contributed by atoms with Crippen LogP contribution >= 0.6 is 24.8 Å². The Balaban J connectivity index is 0.000000605. The highest BCUT2D eigenvalue weighted by Crippen LogP contribution is 2.45. The van der Waals surface area contributed by atoms with E-state index in [-0.39, 0.29) is 24.8 Å². The maximum atomic E-state index is 3.49. The molecule has 0 amide bonds. The van der Waals surface area contributed by atoms with Gasteiger partial charge in [0.25, 0.3) is 0 Å². The zero-order chi connectivity index (χ0) is 7.03. The third-order valence-electron chi connectivity index (χ3n) is 2.73. The highest BCUT2D eigenvalue weighted by Gasteiger charge is 2.43. The molecule has 0 aromatic carbocycles. The summed E-state index contributed by atoms with van der Waals surface area (Å²) < 4.78 is 0. The lowest BCUT2D eigenvalue weighted by Crippen LogP contribution is -2.26. The lowest BCUT2D eigenvalue weighted by molar-refractivity contribution is 0.298. The van der Waals surface area contributed by atoms with Crippen molar-refractivity contribution in [2.45, 2.75) is 12.8 Å². The van der Waals surface area contributed by atoms with Crippen molar-refractivity contribution in [3.8, 4) is 0 Å². The molecule has 2 nitrogen and oxygen atoms in total. The summed E-state index contributed by atoms with van der Waals surface area (Å²) in [7, 11) is 2.23. The quantitative estimate of drug-likeness (QED) is 0.649. The van der Waals surface area contributed by atoms with E-state index in [9.17, 15) is 0 Å². The van der Waals surface area contributed by atoms with Gasteiger partial charge in [-0.2, -0.15) is 0 Å². The molecule has 0 bridgehead atoms. The number of nitrogens with one attached hydrogen (secondary N) is 1. The van der Waals surface area contributed by atoms with Crippen LogP contribution in [-0.4, -0.2) is 38.1 Å². The van der Waals surface area contributed by atoms with Crippen LogP contribution in [0, 0.1) is 5.41 Å². The Bertz CT molecular complexity index is 137. The summed E-state index contributed by atoms with van der Waals surface area (Å²) in [4.78, 5) is 2.45. The van der Waals surface area contributed by atoms with Gasteiger partial charge in [-0.05, 0) is 25.3 Å². The Labute approximate surface area is 86.9 Å². The van der Waals surface area contributed by atoms with Gasteiger partial charge in [0.1, 0.15) is 0 Å². The van der Waals surface area contributed by atoms with E-state index in [0.717, 1.165) is 0 Å². The number of hydrogen-bond acceptors (Lipinski definition) is 2. The minimum atomic E-state index is 0. The first-order chi connectivity index (χ1) is 4.81. The number of halogens is 2. The third-order valence-corrected chi connectivity index (χ3v) is 2.73. The summed E-state index contributed by atoms with van der Waals surface area (Å²) in [6, 6.07) is 0. The molecule has 0 aromatic rings. The summed E-state index contributed by atoms with van der Waals surface area (Å²) in [5.74, 6) is 0. The number of nitrogens with zero attached hydrogens (tertiary/aromatic N) is 1. The van der Waals surface area contributed by atoms with Gasteiger partial charge in [0.15, 0.2) is 0 Å². The van der Waals surface area contributed by atoms with Gasteiger partial charge in [-0.3, -0.25) is 0 Å². The van der Waals surface area contributed by atoms with E-state index in [2.05, 4.69) is 17.3 Å². The standard InChI is InChI=1S/C8H16N2.2ClH/c1-10-5-4-9-6-8(7-10)2-3-8;;/h9H,2-7H2,1H3;2*1H. The molecule has 2 fully saturated rings. The molecule has 1 spiro atoms. The van der Waals surface area contributed by atoms with Crippen LogP contribution in [0.5, 0.6) is 0 Å². The second kappa shape index (κ2) is 4.66. The summed E-state index contributed by atoms with van der Waals surface area (Å²) in [5.41, 5.74) is 0.700. The summed E-state index contributed by atoms with van der Waals surface area (Å²) >= 11 is 0. The van der Waals surface area contributed by atoms with Crippen molar-refractivity contribution in [1.29, 1.82) is 0 Å². The van der Waals surface area contributed by atoms with Crippen LogP contribution in [0.2, 0.25) is 0 Å². The maximum absolute atomic E-state index is 3.49. The van der Waals surface area contributed by atoms with Crippen LogP contribution in [-0.2, 0) is 0 Å². The van der Waals surface area contributed by atoms with Crippen LogP contribution in [0.1, 0.15) is 12.8 Å². The van der Waals surface area contributed by atoms with Crippen molar-refractivity contribution < 1.29 is 0 Å². The van der Waals surface area contributed by atoms with Gasteiger partial charge in [-0.1, -0.05) is 0 Å². The molecular formula is C8H18Cl2N2. The summed E-state index contributed by atoms with van der Waals surface area (Å²) in [6.45, 7) is 4.98.